The Morgan fingerprint density at radius 2 is 1.90 bits per heavy atom. The lowest BCUT2D eigenvalue weighted by molar-refractivity contribution is -0.142. The summed E-state index contributed by atoms with van der Waals surface area (Å²) in [6.07, 6.45) is 5.17. The third-order valence-corrected chi connectivity index (χ3v) is 5.14. The molecule has 1 aliphatic rings. The Hall–Kier alpha value is -0.770. The molecule has 1 aromatic carbocycles. The first-order valence-electron chi connectivity index (χ1n) is 7.38. The van der Waals surface area contributed by atoms with Crippen molar-refractivity contribution in [2.75, 3.05) is 13.6 Å². The fourth-order valence-corrected chi connectivity index (χ4v) is 3.44. The van der Waals surface area contributed by atoms with E-state index in [9.17, 15) is 4.79 Å². The van der Waals surface area contributed by atoms with Crippen molar-refractivity contribution in [2.45, 2.75) is 38.6 Å². The Bertz CT molecular complexity index is 513. The highest BCUT2D eigenvalue weighted by molar-refractivity contribution is 6.42. The minimum Gasteiger partial charge on any atom is -0.341 e. The highest BCUT2D eigenvalue weighted by Gasteiger charge is 2.39. The van der Waals surface area contributed by atoms with Crippen molar-refractivity contribution >= 4 is 29.1 Å². The predicted octanol–water partition coefficient (Wildman–Crippen LogP) is 3.86. The number of amides is 1. The maximum atomic E-state index is 12.8. The molecule has 0 unspecified atom stereocenters. The Balaban J connectivity index is 2.09. The summed E-state index contributed by atoms with van der Waals surface area (Å²) in [5.41, 5.74) is 6.53. The maximum Gasteiger partial charge on any atom is 0.230 e. The number of benzene rings is 1. The first-order valence-corrected chi connectivity index (χ1v) is 8.14. The first kappa shape index (κ1) is 16.6. The molecule has 2 N–H and O–H groups in total. The standard InChI is InChI=1S/C16H22Cl2N2O/c1-20(10-12-5-6-13(17)14(18)9-12)15(21)16(11-19)7-3-2-4-8-16/h5-6,9H,2-4,7-8,10-11,19H2,1H3. The van der Waals surface area contributed by atoms with Gasteiger partial charge in [-0.3, -0.25) is 4.79 Å². The van der Waals surface area contributed by atoms with Crippen molar-refractivity contribution in [3.05, 3.63) is 33.8 Å². The molecule has 116 valence electrons. The number of carbonyl (C=O) groups excluding carboxylic acids is 1. The SMILES string of the molecule is CN(Cc1ccc(Cl)c(Cl)c1)C(=O)C1(CN)CCCCC1. The van der Waals surface area contributed by atoms with Crippen molar-refractivity contribution in [3.8, 4) is 0 Å². The topological polar surface area (TPSA) is 46.3 Å². The van der Waals surface area contributed by atoms with Crippen LogP contribution in [0, 0.1) is 5.41 Å². The number of carbonyl (C=O) groups is 1. The highest BCUT2D eigenvalue weighted by Crippen LogP contribution is 2.37. The summed E-state index contributed by atoms with van der Waals surface area (Å²) in [6.45, 7) is 0.953. The average molecular weight is 329 g/mol. The summed E-state index contributed by atoms with van der Waals surface area (Å²) >= 11 is 11.9. The molecule has 0 radical (unpaired) electrons. The Kier molecular flexibility index (Phi) is 5.53. The van der Waals surface area contributed by atoms with E-state index in [1.54, 1.807) is 11.0 Å². The normalized spacial score (nSPS) is 17.5. The van der Waals surface area contributed by atoms with Crippen molar-refractivity contribution in [1.29, 1.82) is 0 Å². The van der Waals surface area contributed by atoms with Gasteiger partial charge in [0, 0.05) is 20.1 Å². The molecule has 0 heterocycles. The highest BCUT2D eigenvalue weighted by atomic mass is 35.5. The van der Waals surface area contributed by atoms with Gasteiger partial charge < -0.3 is 10.6 Å². The summed E-state index contributed by atoms with van der Waals surface area (Å²) in [4.78, 5) is 14.6. The zero-order chi connectivity index (χ0) is 15.5. The van der Waals surface area contributed by atoms with Gasteiger partial charge in [0.25, 0.3) is 0 Å². The van der Waals surface area contributed by atoms with Gasteiger partial charge in [0.05, 0.1) is 15.5 Å². The number of halogens is 2. The van der Waals surface area contributed by atoms with E-state index in [0.717, 1.165) is 31.2 Å². The van der Waals surface area contributed by atoms with E-state index in [1.165, 1.54) is 6.42 Å². The van der Waals surface area contributed by atoms with Crippen LogP contribution >= 0.6 is 23.2 Å². The molecular weight excluding hydrogens is 307 g/mol. The van der Waals surface area contributed by atoms with Crippen molar-refractivity contribution in [1.82, 2.24) is 4.90 Å². The van der Waals surface area contributed by atoms with E-state index in [4.69, 9.17) is 28.9 Å². The van der Waals surface area contributed by atoms with Gasteiger partial charge in [0.2, 0.25) is 5.91 Å². The molecule has 2 rings (SSSR count). The largest absolute Gasteiger partial charge is 0.341 e. The Labute approximate surface area is 136 Å². The minimum atomic E-state index is -0.372. The summed E-state index contributed by atoms with van der Waals surface area (Å²) < 4.78 is 0. The van der Waals surface area contributed by atoms with Crippen molar-refractivity contribution in [2.24, 2.45) is 11.1 Å². The lowest BCUT2D eigenvalue weighted by atomic mass is 9.73. The van der Waals surface area contributed by atoms with E-state index in [2.05, 4.69) is 0 Å². The van der Waals surface area contributed by atoms with Crippen molar-refractivity contribution in [3.63, 3.8) is 0 Å². The molecule has 0 aliphatic heterocycles. The quantitative estimate of drug-likeness (QED) is 0.912. The molecule has 0 aromatic heterocycles. The lowest BCUT2D eigenvalue weighted by Crippen LogP contribution is -2.47. The number of nitrogens with zero attached hydrogens (tertiary/aromatic N) is 1. The van der Waals surface area contributed by atoms with Crippen LogP contribution < -0.4 is 5.73 Å². The monoisotopic (exact) mass is 328 g/mol. The number of rotatable bonds is 4. The zero-order valence-electron chi connectivity index (χ0n) is 12.4. The van der Waals surface area contributed by atoms with Crippen LogP contribution in [0.5, 0.6) is 0 Å². The molecule has 1 saturated carbocycles. The summed E-state index contributed by atoms with van der Waals surface area (Å²) in [5.74, 6) is 0.149. The zero-order valence-corrected chi connectivity index (χ0v) is 13.9. The van der Waals surface area contributed by atoms with Crippen LogP contribution in [0.3, 0.4) is 0 Å². The van der Waals surface area contributed by atoms with Gasteiger partial charge >= 0.3 is 0 Å². The van der Waals surface area contributed by atoms with E-state index in [1.807, 2.05) is 19.2 Å². The molecule has 5 heteroatoms. The smallest absolute Gasteiger partial charge is 0.230 e. The second-order valence-corrected chi connectivity index (χ2v) is 6.77. The molecule has 0 saturated heterocycles. The summed E-state index contributed by atoms with van der Waals surface area (Å²) in [5, 5.41) is 1.04. The second-order valence-electron chi connectivity index (χ2n) is 5.95. The molecule has 1 aromatic rings. The van der Waals surface area contributed by atoms with E-state index < -0.39 is 0 Å². The van der Waals surface area contributed by atoms with Gasteiger partial charge in [0.15, 0.2) is 0 Å². The van der Waals surface area contributed by atoms with Crippen LogP contribution in [0.4, 0.5) is 0 Å². The van der Waals surface area contributed by atoms with Crippen LogP contribution in [-0.2, 0) is 11.3 Å². The molecule has 1 fully saturated rings. The van der Waals surface area contributed by atoms with E-state index >= 15 is 0 Å². The maximum absolute atomic E-state index is 12.8. The second kappa shape index (κ2) is 6.99. The van der Waals surface area contributed by atoms with Crippen LogP contribution in [0.2, 0.25) is 10.0 Å². The summed E-state index contributed by atoms with van der Waals surface area (Å²) in [7, 11) is 1.83. The fraction of sp³-hybridized carbons (Fsp3) is 0.562. The van der Waals surface area contributed by atoms with Gasteiger partial charge in [0.1, 0.15) is 0 Å². The Morgan fingerprint density at radius 3 is 2.48 bits per heavy atom. The van der Waals surface area contributed by atoms with Gasteiger partial charge in [-0.2, -0.15) is 0 Å². The van der Waals surface area contributed by atoms with Gasteiger partial charge in [-0.05, 0) is 30.5 Å². The van der Waals surface area contributed by atoms with Gasteiger partial charge in [-0.25, -0.2) is 0 Å². The van der Waals surface area contributed by atoms with Crippen LogP contribution in [0.1, 0.15) is 37.7 Å². The Morgan fingerprint density at radius 1 is 1.24 bits per heavy atom. The molecule has 1 aliphatic carbocycles. The molecule has 0 spiro atoms. The molecule has 0 bridgehead atoms. The van der Waals surface area contributed by atoms with Gasteiger partial charge in [-0.1, -0.05) is 48.5 Å². The molecule has 3 nitrogen and oxygen atoms in total. The third kappa shape index (κ3) is 3.71. The van der Waals surface area contributed by atoms with E-state index in [-0.39, 0.29) is 11.3 Å². The average Bonchev–Trinajstić information content (AvgIpc) is 2.50. The minimum absolute atomic E-state index is 0.149. The van der Waals surface area contributed by atoms with Crippen molar-refractivity contribution < 1.29 is 4.79 Å². The molecule has 1 amide bonds. The van der Waals surface area contributed by atoms with Gasteiger partial charge in [-0.15, -0.1) is 0 Å². The van der Waals surface area contributed by atoms with E-state index in [0.29, 0.717) is 23.1 Å². The van der Waals surface area contributed by atoms with Crippen LogP contribution in [-0.4, -0.2) is 24.4 Å². The van der Waals surface area contributed by atoms with Crippen LogP contribution in [0.15, 0.2) is 18.2 Å². The summed E-state index contributed by atoms with van der Waals surface area (Å²) in [6, 6.07) is 5.47. The molecule has 0 atom stereocenters. The number of hydrogen-bond acceptors (Lipinski definition) is 2. The number of hydrogen-bond donors (Lipinski definition) is 1. The first-order chi connectivity index (χ1) is 9.98. The predicted molar refractivity (Wildman–Crippen MR) is 87.5 cm³/mol. The van der Waals surface area contributed by atoms with Crippen LogP contribution in [0.25, 0.3) is 0 Å². The third-order valence-electron chi connectivity index (χ3n) is 4.41. The fourth-order valence-electron chi connectivity index (χ4n) is 3.12. The number of nitrogens with two attached hydrogens (primary N) is 1. The molecular formula is C16H22Cl2N2O. The molecule has 21 heavy (non-hydrogen) atoms. The lowest BCUT2D eigenvalue weighted by Gasteiger charge is -2.37.